The Bertz CT molecular complexity index is 662. The van der Waals surface area contributed by atoms with Crippen LogP contribution < -0.4 is 0 Å². The van der Waals surface area contributed by atoms with Gasteiger partial charge in [0.2, 0.25) is 0 Å². The molecular weight excluding hydrogens is 298 g/mol. The third kappa shape index (κ3) is 2.27. The number of hydrogen-bond donors (Lipinski definition) is 0. The summed E-state index contributed by atoms with van der Waals surface area (Å²) in [5.41, 5.74) is -0.553. The van der Waals surface area contributed by atoms with Crippen LogP contribution in [0, 0.1) is 0 Å². The highest BCUT2D eigenvalue weighted by Gasteiger charge is 2.47. The van der Waals surface area contributed by atoms with Crippen molar-refractivity contribution in [3.05, 3.63) is 6.20 Å². The minimum atomic E-state index is -3.61. The van der Waals surface area contributed by atoms with Crippen molar-refractivity contribution in [2.24, 2.45) is 7.05 Å². The van der Waals surface area contributed by atoms with Gasteiger partial charge >= 0.3 is 6.09 Å². The lowest BCUT2D eigenvalue weighted by Crippen LogP contribution is -2.48. The zero-order chi connectivity index (χ0) is 15.3. The van der Waals surface area contributed by atoms with Crippen LogP contribution in [0.5, 0.6) is 0 Å². The molecule has 2 aliphatic rings. The van der Waals surface area contributed by atoms with Crippen LogP contribution in [-0.2, 0) is 21.8 Å². The van der Waals surface area contributed by atoms with Crippen LogP contribution in [0.3, 0.4) is 0 Å². The molecule has 1 aromatic heterocycles. The highest BCUT2D eigenvalue weighted by molar-refractivity contribution is 7.89. The lowest BCUT2D eigenvalue weighted by atomic mass is 9.92. The van der Waals surface area contributed by atoms with Gasteiger partial charge in [0.15, 0.2) is 5.03 Å². The smallest absolute Gasteiger partial charge is 0.410 e. The fourth-order valence-electron chi connectivity index (χ4n) is 2.83. The molecule has 0 aliphatic carbocycles. The standard InChI is InChI=1S/C11H17N5O4S/c1-14-8-11(20-10(14)17)3-5-16(6-4-11)21(18,19)9-7-12-13-15(9)2/h7H,3-6,8H2,1-2H3. The maximum Gasteiger partial charge on any atom is 0.410 e. The third-order valence-electron chi connectivity index (χ3n) is 4.05. The summed E-state index contributed by atoms with van der Waals surface area (Å²) in [6, 6.07) is 0. The van der Waals surface area contributed by atoms with E-state index in [-0.39, 0.29) is 11.1 Å². The Hall–Kier alpha value is -1.68. The summed E-state index contributed by atoms with van der Waals surface area (Å²) in [7, 11) is -0.383. The molecule has 3 rings (SSSR count). The number of ether oxygens (including phenoxy) is 1. The maximum absolute atomic E-state index is 12.5. The highest BCUT2D eigenvalue weighted by Crippen LogP contribution is 2.34. The first kappa shape index (κ1) is 14.3. The lowest BCUT2D eigenvalue weighted by Gasteiger charge is -2.36. The second-order valence-corrected chi connectivity index (χ2v) is 7.39. The topological polar surface area (TPSA) is 97.6 Å². The number of rotatable bonds is 2. The molecule has 0 N–H and O–H groups in total. The van der Waals surface area contributed by atoms with E-state index in [0.29, 0.717) is 32.5 Å². The number of nitrogens with zero attached hydrogens (tertiary/aromatic N) is 5. The van der Waals surface area contributed by atoms with Gasteiger partial charge < -0.3 is 9.64 Å². The van der Waals surface area contributed by atoms with Gasteiger partial charge in [-0.05, 0) is 0 Å². The first-order valence-electron chi connectivity index (χ1n) is 6.63. The Morgan fingerprint density at radius 3 is 2.43 bits per heavy atom. The van der Waals surface area contributed by atoms with Crippen LogP contribution in [0.2, 0.25) is 0 Å². The van der Waals surface area contributed by atoms with Crippen molar-refractivity contribution in [2.75, 3.05) is 26.7 Å². The molecule has 1 amide bonds. The Kier molecular flexibility index (Phi) is 3.17. The van der Waals surface area contributed by atoms with E-state index in [9.17, 15) is 13.2 Å². The number of likely N-dealkylation sites (N-methyl/N-ethyl adjacent to an activating group) is 1. The number of aromatic nitrogens is 3. The zero-order valence-electron chi connectivity index (χ0n) is 11.9. The lowest BCUT2D eigenvalue weighted by molar-refractivity contribution is 0.0171. The van der Waals surface area contributed by atoms with Crippen LogP contribution >= 0.6 is 0 Å². The minimum Gasteiger partial charge on any atom is -0.441 e. The van der Waals surface area contributed by atoms with Crippen LogP contribution in [0.15, 0.2) is 11.2 Å². The molecule has 2 saturated heterocycles. The largest absolute Gasteiger partial charge is 0.441 e. The van der Waals surface area contributed by atoms with Crippen LogP contribution in [-0.4, -0.2) is 71.0 Å². The Morgan fingerprint density at radius 1 is 1.29 bits per heavy atom. The zero-order valence-corrected chi connectivity index (χ0v) is 12.7. The molecule has 1 spiro atoms. The van der Waals surface area contributed by atoms with E-state index in [1.807, 2.05) is 0 Å². The molecule has 0 unspecified atom stereocenters. The number of sulfonamides is 1. The van der Waals surface area contributed by atoms with Crippen molar-refractivity contribution < 1.29 is 17.9 Å². The van der Waals surface area contributed by atoms with E-state index >= 15 is 0 Å². The van der Waals surface area contributed by atoms with Crippen molar-refractivity contribution in [3.63, 3.8) is 0 Å². The molecule has 10 heteroatoms. The average molecular weight is 315 g/mol. The van der Waals surface area contributed by atoms with Crippen LogP contribution in [0.1, 0.15) is 12.8 Å². The van der Waals surface area contributed by atoms with E-state index in [2.05, 4.69) is 10.3 Å². The molecule has 0 aromatic carbocycles. The average Bonchev–Trinajstić information content (AvgIpc) is 2.96. The summed E-state index contributed by atoms with van der Waals surface area (Å²) < 4.78 is 33.1. The molecule has 9 nitrogen and oxygen atoms in total. The Labute approximate surface area is 122 Å². The molecule has 21 heavy (non-hydrogen) atoms. The molecule has 0 radical (unpaired) electrons. The van der Waals surface area contributed by atoms with E-state index in [0.717, 1.165) is 0 Å². The molecule has 0 saturated carbocycles. The van der Waals surface area contributed by atoms with E-state index in [1.165, 1.54) is 20.1 Å². The number of piperidine rings is 1. The SMILES string of the molecule is CN1CC2(CCN(S(=O)(=O)c3cnnn3C)CC2)OC1=O. The fraction of sp³-hybridized carbons (Fsp3) is 0.727. The summed E-state index contributed by atoms with van der Waals surface area (Å²) in [4.78, 5) is 13.0. The van der Waals surface area contributed by atoms with E-state index < -0.39 is 15.6 Å². The summed E-state index contributed by atoms with van der Waals surface area (Å²) in [6.07, 6.45) is 1.88. The molecule has 0 bridgehead atoms. The summed E-state index contributed by atoms with van der Waals surface area (Å²) in [5, 5.41) is 7.33. The van der Waals surface area contributed by atoms with Crippen molar-refractivity contribution >= 4 is 16.1 Å². The molecular formula is C11H17N5O4S. The Balaban J connectivity index is 1.75. The third-order valence-corrected chi connectivity index (χ3v) is 5.99. The van der Waals surface area contributed by atoms with Gasteiger partial charge in [-0.2, -0.15) is 4.31 Å². The predicted octanol–water partition coefficient (Wildman–Crippen LogP) is -0.580. The first-order chi connectivity index (χ1) is 9.84. The van der Waals surface area contributed by atoms with E-state index in [1.54, 1.807) is 14.1 Å². The monoisotopic (exact) mass is 315 g/mol. The van der Waals surface area contributed by atoms with Gasteiger partial charge in [0.1, 0.15) is 5.60 Å². The maximum atomic E-state index is 12.5. The van der Waals surface area contributed by atoms with Crippen LogP contribution in [0.4, 0.5) is 4.79 Å². The Morgan fingerprint density at radius 2 is 1.95 bits per heavy atom. The summed E-state index contributed by atoms with van der Waals surface area (Å²) in [5.74, 6) is 0. The quantitative estimate of drug-likeness (QED) is 0.724. The molecule has 1 aromatic rings. The number of amides is 1. The van der Waals surface area contributed by atoms with Gasteiger partial charge in [0.05, 0.1) is 12.7 Å². The van der Waals surface area contributed by atoms with Gasteiger partial charge in [-0.25, -0.2) is 17.9 Å². The number of hydrogen-bond acceptors (Lipinski definition) is 6. The minimum absolute atomic E-state index is 0.0685. The van der Waals surface area contributed by atoms with Crippen molar-refractivity contribution in [2.45, 2.75) is 23.5 Å². The number of aryl methyl sites for hydroxylation is 1. The summed E-state index contributed by atoms with van der Waals surface area (Å²) in [6.45, 7) is 1.14. The highest BCUT2D eigenvalue weighted by atomic mass is 32.2. The fourth-order valence-corrected chi connectivity index (χ4v) is 4.31. The van der Waals surface area contributed by atoms with E-state index in [4.69, 9.17) is 4.74 Å². The van der Waals surface area contributed by atoms with Crippen LogP contribution in [0.25, 0.3) is 0 Å². The van der Waals surface area contributed by atoms with Gasteiger partial charge in [0.25, 0.3) is 10.0 Å². The first-order valence-corrected chi connectivity index (χ1v) is 8.07. The molecule has 3 heterocycles. The number of carbonyl (C=O) groups excluding carboxylic acids is 1. The summed E-state index contributed by atoms with van der Waals surface area (Å²) >= 11 is 0. The van der Waals surface area contributed by atoms with Gasteiger partial charge in [-0.1, -0.05) is 5.21 Å². The second kappa shape index (κ2) is 4.67. The predicted molar refractivity (Wildman–Crippen MR) is 70.8 cm³/mol. The van der Waals surface area contributed by atoms with Crippen molar-refractivity contribution in [1.82, 2.24) is 24.2 Å². The molecule has 0 atom stereocenters. The van der Waals surface area contributed by atoms with Gasteiger partial charge in [-0.15, -0.1) is 5.10 Å². The normalized spacial score (nSPS) is 22.8. The second-order valence-electron chi connectivity index (χ2n) is 5.51. The number of carbonyl (C=O) groups is 1. The molecule has 2 aliphatic heterocycles. The molecule has 2 fully saturated rings. The van der Waals surface area contributed by atoms with Gasteiger partial charge in [0, 0.05) is 40.0 Å². The molecule has 116 valence electrons. The van der Waals surface area contributed by atoms with Crippen molar-refractivity contribution in [3.8, 4) is 0 Å². The van der Waals surface area contributed by atoms with Gasteiger partial charge in [-0.3, -0.25) is 0 Å². The van der Waals surface area contributed by atoms with Crippen molar-refractivity contribution in [1.29, 1.82) is 0 Å².